The predicted molar refractivity (Wildman–Crippen MR) is 127 cm³/mol. The summed E-state index contributed by atoms with van der Waals surface area (Å²) < 4.78 is 1.95. The van der Waals surface area contributed by atoms with Crippen LogP contribution in [-0.4, -0.2) is 31.8 Å². The number of urea groups is 1. The molecule has 1 fully saturated rings. The number of benzene rings is 1. The Bertz CT molecular complexity index is 1220. The highest BCUT2D eigenvalue weighted by Crippen LogP contribution is 2.35. The second-order valence-corrected chi connectivity index (χ2v) is 8.36. The molecule has 1 saturated carbocycles. The lowest BCUT2D eigenvalue weighted by Gasteiger charge is -2.22. The van der Waals surface area contributed by atoms with Gasteiger partial charge in [-0.2, -0.15) is 5.10 Å². The molecule has 0 unspecified atom stereocenters. The first-order chi connectivity index (χ1) is 15.7. The molecule has 7 nitrogen and oxygen atoms in total. The van der Waals surface area contributed by atoms with E-state index in [1.165, 1.54) is 19.3 Å². The summed E-state index contributed by atoms with van der Waals surface area (Å²) in [6.07, 6.45) is 11.6. The second kappa shape index (κ2) is 8.86. The molecule has 32 heavy (non-hydrogen) atoms. The van der Waals surface area contributed by atoms with Crippen molar-refractivity contribution in [3.05, 3.63) is 55.0 Å². The Morgan fingerprint density at radius 2 is 1.91 bits per heavy atom. The monoisotopic (exact) mass is 428 g/mol. The molecule has 0 spiro atoms. The third kappa shape index (κ3) is 4.10. The molecule has 0 atom stereocenters. The number of carbonyl (C=O) groups is 1. The number of aryl methyl sites for hydroxylation is 1. The zero-order valence-corrected chi connectivity index (χ0v) is 18.3. The first-order valence-electron chi connectivity index (χ1n) is 11.4. The molecule has 1 aromatic carbocycles. The number of fused-ring (bicyclic) bond motifs is 1. The smallest absolute Gasteiger partial charge is 0.319 e. The van der Waals surface area contributed by atoms with Crippen LogP contribution in [0.25, 0.3) is 33.4 Å². The van der Waals surface area contributed by atoms with Gasteiger partial charge in [-0.15, -0.1) is 0 Å². The zero-order chi connectivity index (χ0) is 21.9. The number of nitrogens with zero attached hydrogens (tertiary/aromatic N) is 3. The van der Waals surface area contributed by atoms with Gasteiger partial charge in [0.15, 0.2) is 0 Å². The summed E-state index contributed by atoms with van der Waals surface area (Å²) in [5.74, 6) is 0. The van der Waals surface area contributed by atoms with E-state index in [1.54, 1.807) is 0 Å². The van der Waals surface area contributed by atoms with E-state index in [0.29, 0.717) is 0 Å². The van der Waals surface area contributed by atoms with Gasteiger partial charge < -0.3 is 15.6 Å². The molecular formula is C25H28N6O. The minimum atomic E-state index is -0.132. The van der Waals surface area contributed by atoms with E-state index in [9.17, 15) is 4.79 Å². The molecule has 0 radical (unpaired) electrons. The Morgan fingerprint density at radius 1 is 1.09 bits per heavy atom. The molecule has 0 saturated heterocycles. The molecule has 3 aromatic heterocycles. The van der Waals surface area contributed by atoms with Gasteiger partial charge in [0.2, 0.25) is 0 Å². The molecule has 0 bridgehead atoms. The van der Waals surface area contributed by atoms with Crippen LogP contribution < -0.4 is 10.6 Å². The fourth-order valence-corrected chi connectivity index (χ4v) is 4.50. The number of aromatic amines is 1. The van der Waals surface area contributed by atoms with Crippen LogP contribution in [0.1, 0.15) is 39.0 Å². The van der Waals surface area contributed by atoms with Gasteiger partial charge in [0.05, 0.1) is 0 Å². The van der Waals surface area contributed by atoms with Crippen molar-refractivity contribution in [2.75, 3.05) is 5.32 Å². The van der Waals surface area contributed by atoms with Crippen molar-refractivity contribution in [2.45, 2.75) is 51.6 Å². The lowest BCUT2D eigenvalue weighted by Crippen LogP contribution is -2.38. The quantitative estimate of drug-likeness (QED) is 0.388. The summed E-state index contributed by atoms with van der Waals surface area (Å²) in [5.41, 5.74) is 5.72. The van der Waals surface area contributed by atoms with Gasteiger partial charge in [-0.1, -0.05) is 31.4 Å². The topological polar surface area (TPSA) is 87.6 Å². The van der Waals surface area contributed by atoms with Crippen LogP contribution in [-0.2, 0) is 6.54 Å². The number of aromatic nitrogens is 4. The Kier molecular flexibility index (Phi) is 5.62. The molecule has 2 amide bonds. The summed E-state index contributed by atoms with van der Waals surface area (Å²) in [7, 11) is 0. The number of rotatable bonds is 5. The van der Waals surface area contributed by atoms with Crippen molar-refractivity contribution < 1.29 is 4.79 Å². The number of amides is 2. The summed E-state index contributed by atoms with van der Waals surface area (Å²) in [6, 6.07) is 12.1. The zero-order valence-electron chi connectivity index (χ0n) is 18.3. The maximum atomic E-state index is 12.4. The van der Waals surface area contributed by atoms with Crippen LogP contribution in [0.2, 0.25) is 0 Å². The van der Waals surface area contributed by atoms with Gasteiger partial charge in [0.1, 0.15) is 11.3 Å². The van der Waals surface area contributed by atoms with Crippen LogP contribution >= 0.6 is 0 Å². The van der Waals surface area contributed by atoms with Crippen molar-refractivity contribution in [2.24, 2.45) is 0 Å². The average Bonchev–Trinajstić information content (AvgIpc) is 3.47. The number of hydrogen-bond acceptors (Lipinski definition) is 3. The standard InChI is InChI=1S/C25H28N6O/c1-2-31-16-22(20-12-14-26-24-21(20)13-15-27-24)23(30-31)17-8-10-19(11-9-17)29-25(32)28-18-6-4-3-5-7-18/h8-16,18H,2-7H2,1H3,(H,26,27)(H2,28,29,32). The number of H-pyrrole nitrogens is 1. The molecule has 1 aliphatic carbocycles. The summed E-state index contributed by atoms with van der Waals surface area (Å²) in [6.45, 7) is 2.87. The van der Waals surface area contributed by atoms with E-state index in [-0.39, 0.29) is 12.1 Å². The Morgan fingerprint density at radius 3 is 2.69 bits per heavy atom. The molecule has 0 aliphatic heterocycles. The number of nitrogens with one attached hydrogen (secondary N) is 3. The first kappa shape index (κ1) is 20.3. The van der Waals surface area contributed by atoms with Gasteiger partial charge in [-0.25, -0.2) is 9.78 Å². The minimum absolute atomic E-state index is 0.132. The van der Waals surface area contributed by atoms with E-state index >= 15 is 0 Å². The minimum Gasteiger partial charge on any atom is -0.346 e. The van der Waals surface area contributed by atoms with Crippen molar-refractivity contribution in [1.82, 2.24) is 25.1 Å². The van der Waals surface area contributed by atoms with Gasteiger partial charge in [0, 0.05) is 53.4 Å². The highest BCUT2D eigenvalue weighted by molar-refractivity contribution is 5.97. The Balaban J connectivity index is 1.39. The van der Waals surface area contributed by atoms with Crippen LogP contribution in [0, 0.1) is 0 Å². The average molecular weight is 429 g/mol. The lowest BCUT2D eigenvalue weighted by atomic mass is 9.96. The highest BCUT2D eigenvalue weighted by Gasteiger charge is 2.17. The molecular weight excluding hydrogens is 400 g/mol. The number of hydrogen-bond donors (Lipinski definition) is 3. The Hall–Kier alpha value is -3.61. The van der Waals surface area contributed by atoms with Crippen LogP contribution in [0.15, 0.2) is 55.0 Å². The van der Waals surface area contributed by atoms with Crippen LogP contribution in [0.4, 0.5) is 10.5 Å². The van der Waals surface area contributed by atoms with E-state index in [2.05, 4.69) is 33.7 Å². The van der Waals surface area contributed by atoms with Crippen LogP contribution in [0.3, 0.4) is 0 Å². The number of anilines is 1. The van der Waals surface area contributed by atoms with Gasteiger partial charge >= 0.3 is 6.03 Å². The summed E-state index contributed by atoms with van der Waals surface area (Å²) in [5, 5.41) is 12.0. The molecule has 164 valence electrons. The predicted octanol–water partition coefficient (Wildman–Crippen LogP) is 5.57. The Labute approximate surface area is 187 Å². The van der Waals surface area contributed by atoms with E-state index in [1.807, 2.05) is 53.5 Å². The SMILES string of the molecule is CCn1cc(-c2ccnc3[nH]ccc23)c(-c2ccc(NC(=O)NC3CCCCC3)cc2)n1. The van der Waals surface area contributed by atoms with E-state index in [4.69, 9.17) is 5.10 Å². The molecule has 7 heteroatoms. The van der Waals surface area contributed by atoms with E-state index in [0.717, 1.165) is 58.5 Å². The highest BCUT2D eigenvalue weighted by atomic mass is 16.2. The second-order valence-electron chi connectivity index (χ2n) is 8.36. The molecule has 3 N–H and O–H groups in total. The molecule has 1 aliphatic rings. The normalized spacial score (nSPS) is 14.5. The van der Waals surface area contributed by atoms with E-state index < -0.39 is 0 Å². The third-order valence-electron chi connectivity index (χ3n) is 6.19. The third-order valence-corrected chi connectivity index (χ3v) is 6.19. The van der Waals surface area contributed by atoms with Gasteiger partial charge in [-0.3, -0.25) is 4.68 Å². The number of carbonyl (C=O) groups excluding carboxylic acids is 1. The van der Waals surface area contributed by atoms with Crippen molar-refractivity contribution >= 4 is 22.8 Å². The van der Waals surface area contributed by atoms with Gasteiger partial charge in [-0.05, 0) is 49.6 Å². The summed E-state index contributed by atoms with van der Waals surface area (Å²) in [4.78, 5) is 20.0. The van der Waals surface area contributed by atoms with Crippen molar-refractivity contribution in [3.63, 3.8) is 0 Å². The molecule has 3 heterocycles. The number of pyridine rings is 1. The fourth-order valence-electron chi connectivity index (χ4n) is 4.50. The fraction of sp³-hybridized carbons (Fsp3) is 0.320. The first-order valence-corrected chi connectivity index (χ1v) is 11.4. The maximum Gasteiger partial charge on any atom is 0.319 e. The van der Waals surface area contributed by atoms with Crippen LogP contribution in [0.5, 0.6) is 0 Å². The molecule has 4 aromatic rings. The summed E-state index contributed by atoms with van der Waals surface area (Å²) >= 11 is 0. The van der Waals surface area contributed by atoms with Gasteiger partial charge in [0.25, 0.3) is 0 Å². The van der Waals surface area contributed by atoms with Crippen molar-refractivity contribution in [1.29, 1.82) is 0 Å². The maximum absolute atomic E-state index is 12.4. The van der Waals surface area contributed by atoms with Crippen molar-refractivity contribution in [3.8, 4) is 22.4 Å². The molecule has 5 rings (SSSR count). The lowest BCUT2D eigenvalue weighted by molar-refractivity contribution is 0.244. The largest absolute Gasteiger partial charge is 0.346 e.